The van der Waals surface area contributed by atoms with E-state index in [9.17, 15) is 0 Å². The molecule has 20 heavy (non-hydrogen) atoms. The van der Waals surface area contributed by atoms with E-state index >= 15 is 0 Å². The number of rotatable bonds is 2. The number of fused-ring (bicyclic) bond motifs is 1. The van der Waals surface area contributed by atoms with Crippen LogP contribution in [0.2, 0.25) is 0 Å². The summed E-state index contributed by atoms with van der Waals surface area (Å²) >= 11 is 0. The molecule has 0 saturated carbocycles. The fourth-order valence-corrected chi connectivity index (χ4v) is 2.12. The van der Waals surface area contributed by atoms with Gasteiger partial charge in [-0.15, -0.1) is 0 Å². The van der Waals surface area contributed by atoms with Gasteiger partial charge in [0.2, 0.25) is 5.82 Å². The van der Waals surface area contributed by atoms with Crippen molar-refractivity contribution < 1.29 is 4.52 Å². The second kappa shape index (κ2) is 4.63. The first kappa shape index (κ1) is 12.7. The van der Waals surface area contributed by atoms with Crippen molar-refractivity contribution in [3.63, 3.8) is 0 Å². The van der Waals surface area contributed by atoms with Gasteiger partial charge in [-0.1, -0.05) is 47.6 Å². The molecule has 1 aromatic heterocycles. The molecule has 0 radical (unpaired) electrons. The van der Waals surface area contributed by atoms with Crippen LogP contribution in [0.1, 0.15) is 20.8 Å². The molecule has 0 amide bonds. The molecule has 0 saturated heterocycles. The van der Waals surface area contributed by atoms with Gasteiger partial charge in [0.05, 0.1) is 0 Å². The molecule has 1 N–H and O–H groups in total. The van der Waals surface area contributed by atoms with Crippen LogP contribution in [0.4, 0.5) is 6.01 Å². The van der Waals surface area contributed by atoms with Crippen LogP contribution in [0, 0.1) is 0 Å². The van der Waals surface area contributed by atoms with E-state index in [1.54, 1.807) is 0 Å². The van der Waals surface area contributed by atoms with Crippen molar-refractivity contribution >= 4 is 16.8 Å². The number of aromatic nitrogens is 2. The maximum atomic E-state index is 5.27. The first-order valence-electron chi connectivity index (χ1n) is 6.63. The molecular formula is C16H17N3O. The van der Waals surface area contributed by atoms with Crippen molar-refractivity contribution in [2.24, 2.45) is 0 Å². The topological polar surface area (TPSA) is 51.0 Å². The molecule has 0 aliphatic heterocycles. The fourth-order valence-electron chi connectivity index (χ4n) is 2.12. The van der Waals surface area contributed by atoms with Crippen molar-refractivity contribution in [1.82, 2.24) is 10.1 Å². The van der Waals surface area contributed by atoms with Gasteiger partial charge in [-0.25, -0.2) is 0 Å². The maximum absolute atomic E-state index is 5.27. The lowest BCUT2D eigenvalue weighted by atomic mass is 10.0. The molecule has 0 unspecified atom stereocenters. The zero-order valence-electron chi connectivity index (χ0n) is 11.8. The first-order valence-corrected chi connectivity index (χ1v) is 6.63. The van der Waals surface area contributed by atoms with Gasteiger partial charge in [0.15, 0.2) is 0 Å². The lowest BCUT2D eigenvalue weighted by Gasteiger charge is -2.17. The van der Waals surface area contributed by atoms with Gasteiger partial charge in [-0.05, 0) is 31.5 Å². The Balaban J connectivity index is 2.04. The number of anilines is 1. The van der Waals surface area contributed by atoms with Gasteiger partial charge in [0.1, 0.15) is 0 Å². The lowest BCUT2D eigenvalue weighted by Crippen LogP contribution is -2.26. The number of hydrogen-bond acceptors (Lipinski definition) is 4. The molecule has 0 bridgehead atoms. The minimum absolute atomic E-state index is 0.109. The Hall–Kier alpha value is -2.36. The van der Waals surface area contributed by atoms with Crippen LogP contribution in [-0.2, 0) is 0 Å². The predicted octanol–water partition coefficient (Wildman–Crippen LogP) is 4.10. The monoisotopic (exact) mass is 267 g/mol. The van der Waals surface area contributed by atoms with Crippen molar-refractivity contribution in [3.05, 3.63) is 42.5 Å². The average molecular weight is 267 g/mol. The fraction of sp³-hybridized carbons (Fsp3) is 0.250. The largest absolute Gasteiger partial charge is 0.333 e. The van der Waals surface area contributed by atoms with E-state index in [1.807, 2.05) is 24.3 Å². The summed E-state index contributed by atoms with van der Waals surface area (Å²) < 4.78 is 5.27. The molecule has 102 valence electrons. The van der Waals surface area contributed by atoms with E-state index in [2.05, 4.69) is 54.4 Å². The molecule has 0 fully saturated rings. The third-order valence-corrected chi connectivity index (χ3v) is 2.94. The summed E-state index contributed by atoms with van der Waals surface area (Å²) in [5, 5.41) is 9.54. The lowest BCUT2D eigenvalue weighted by molar-refractivity contribution is 0.420. The molecule has 4 heteroatoms. The van der Waals surface area contributed by atoms with Gasteiger partial charge in [-0.2, -0.15) is 4.98 Å². The van der Waals surface area contributed by atoms with E-state index in [4.69, 9.17) is 4.52 Å². The molecule has 0 atom stereocenters. The molecule has 3 rings (SSSR count). The van der Waals surface area contributed by atoms with Crippen LogP contribution in [0.3, 0.4) is 0 Å². The molecule has 3 aromatic rings. The SMILES string of the molecule is CC(C)(C)Nc1nc(-c2cccc3ccccc23)no1. The normalized spacial score (nSPS) is 11.8. The minimum Gasteiger partial charge on any atom is -0.333 e. The highest BCUT2D eigenvalue weighted by Crippen LogP contribution is 2.27. The zero-order chi connectivity index (χ0) is 14.2. The van der Waals surface area contributed by atoms with Crippen molar-refractivity contribution in [2.45, 2.75) is 26.3 Å². The molecule has 0 aliphatic carbocycles. The Kier molecular flexibility index (Phi) is 2.93. The van der Waals surface area contributed by atoms with Gasteiger partial charge in [0.25, 0.3) is 0 Å². The first-order chi connectivity index (χ1) is 9.53. The van der Waals surface area contributed by atoms with Gasteiger partial charge in [0, 0.05) is 11.1 Å². The second-order valence-electron chi connectivity index (χ2n) is 5.82. The Morgan fingerprint density at radius 3 is 2.55 bits per heavy atom. The van der Waals surface area contributed by atoms with Crippen LogP contribution in [0.25, 0.3) is 22.2 Å². The summed E-state index contributed by atoms with van der Waals surface area (Å²) in [4.78, 5) is 4.43. The Morgan fingerprint density at radius 2 is 1.75 bits per heavy atom. The molecular weight excluding hydrogens is 250 g/mol. The summed E-state index contributed by atoms with van der Waals surface area (Å²) in [5.41, 5.74) is 0.872. The molecule has 1 heterocycles. The second-order valence-corrected chi connectivity index (χ2v) is 5.82. The van der Waals surface area contributed by atoms with Gasteiger partial charge < -0.3 is 9.84 Å². The van der Waals surface area contributed by atoms with Crippen LogP contribution >= 0.6 is 0 Å². The number of nitrogens with zero attached hydrogens (tertiary/aromatic N) is 2. The maximum Gasteiger partial charge on any atom is 0.322 e. The van der Waals surface area contributed by atoms with E-state index in [-0.39, 0.29) is 5.54 Å². The van der Waals surface area contributed by atoms with Crippen LogP contribution in [0.5, 0.6) is 0 Å². The predicted molar refractivity (Wildman–Crippen MR) is 80.6 cm³/mol. The highest BCUT2D eigenvalue weighted by Gasteiger charge is 2.16. The van der Waals surface area contributed by atoms with Gasteiger partial charge >= 0.3 is 6.01 Å². The van der Waals surface area contributed by atoms with Crippen LogP contribution < -0.4 is 5.32 Å². The third-order valence-electron chi connectivity index (χ3n) is 2.94. The zero-order valence-corrected chi connectivity index (χ0v) is 11.8. The Morgan fingerprint density at radius 1 is 1.00 bits per heavy atom. The highest BCUT2D eigenvalue weighted by molar-refractivity contribution is 5.94. The van der Waals surface area contributed by atoms with Crippen LogP contribution in [0.15, 0.2) is 47.0 Å². The Bertz CT molecular complexity index is 735. The third kappa shape index (κ3) is 2.50. The smallest absolute Gasteiger partial charge is 0.322 e. The van der Waals surface area contributed by atoms with E-state index in [1.165, 1.54) is 5.39 Å². The standard InChI is InChI=1S/C16H17N3O/c1-16(2,3)18-15-17-14(19-20-15)13-10-6-8-11-7-4-5-9-12(11)13/h4-10H,1-3H3,(H,17,18,19). The molecule has 0 spiro atoms. The number of benzene rings is 2. The summed E-state index contributed by atoms with van der Waals surface area (Å²) in [6.45, 7) is 6.15. The summed E-state index contributed by atoms with van der Waals surface area (Å²) in [5.74, 6) is 0.605. The molecule has 0 aliphatic rings. The quantitative estimate of drug-likeness (QED) is 0.759. The summed E-state index contributed by atoms with van der Waals surface area (Å²) in [6, 6.07) is 14.7. The van der Waals surface area contributed by atoms with E-state index < -0.39 is 0 Å². The molecule has 4 nitrogen and oxygen atoms in total. The highest BCUT2D eigenvalue weighted by atomic mass is 16.5. The van der Waals surface area contributed by atoms with Crippen LogP contribution in [-0.4, -0.2) is 15.7 Å². The molecule has 2 aromatic carbocycles. The number of hydrogen-bond donors (Lipinski definition) is 1. The van der Waals surface area contributed by atoms with E-state index in [0.29, 0.717) is 11.8 Å². The van der Waals surface area contributed by atoms with Gasteiger partial charge in [-0.3, -0.25) is 0 Å². The van der Waals surface area contributed by atoms with Crippen molar-refractivity contribution in [1.29, 1.82) is 0 Å². The summed E-state index contributed by atoms with van der Waals surface area (Å²) in [6.07, 6.45) is 0. The minimum atomic E-state index is -0.109. The Labute approximate surface area is 117 Å². The summed E-state index contributed by atoms with van der Waals surface area (Å²) in [7, 11) is 0. The van der Waals surface area contributed by atoms with Crippen molar-refractivity contribution in [2.75, 3.05) is 5.32 Å². The number of nitrogens with one attached hydrogen (secondary N) is 1. The average Bonchev–Trinajstić information content (AvgIpc) is 2.84. The van der Waals surface area contributed by atoms with E-state index in [0.717, 1.165) is 10.9 Å². The van der Waals surface area contributed by atoms with Crippen molar-refractivity contribution in [3.8, 4) is 11.4 Å².